The van der Waals surface area contributed by atoms with Crippen molar-refractivity contribution in [3.63, 3.8) is 0 Å². The molecule has 11 heteroatoms. The summed E-state index contributed by atoms with van der Waals surface area (Å²) in [6.07, 6.45) is 0. The van der Waals surface area contributed by atoms with E-state index in [1.165, 1.54) is 6.07 Å². The Balaban J connectivity index is -0.000000390. The molecule has 0 bridgehead atoms. The fourth-order valence-corrected chi connectivity index (χ4v) is 3.10. The molecule has 2 radical (unpaired) electrons. The average Bonchev–Trinajstić information content (AvgIpc) is 2.71. The van der Waals surface area contributed by atoms with E-state index >= 15 is 0 Å². The summed E-state index contributed by atoms with van der Waals surface area (Å²) in [6, 6.07) is 16.4. The van der Waals surface area contributed by atoms with Crippen molar-refractivity contribution in [3.05, 3.63) is 102 Å². The van der Waals surface area contributed by atoms with Crippen LogP contribution in [0.5, 0.6) is 0 Å². The van der Waals surface area contributed by atoms with Crippen molar-refractivity contribution in [2.75, 3.05) is 0 Å². The number of carbonyl (C=O) groups is 2. The number of carboxylic acids is 1. The van der Waals surface area contributed by atoms with Crippen LogP contribution in [0.2, 0.25) is 25.1 Å². The van der Waals surface area contributed by atoms with Gasteiger partial charge in [-0.05, 0) is 49.2 Å². The van der Waals surface area contributed by atoms with Gasteiger partial charge < -0.3 is 10.2 Å². The molecule has 0 aromatic heterocycles. The minimum Gasteiger partial charge on any atom is -0.487 e. The van der Waals surface area contributed by atoms with Crippen molar-refractivity contribution < 1.29 is 85.2 Å². The summed E-state index contributed by atoms with van der Waals surface area (Å²) in [4.78, 5) is 18.7. The molecule has 0 heterocycles. The van der Waals surface area contributed by atoms with Crippen LogP contribution in [0, 0.1) is 26.8 Å². The Bertz CT molecular complexity index is 1030. The summed E-state index contributed by atoms with van der Waals surface area (Å²) < 4.78 is 0. The van der Waals surface area contributed by atoms with E-state index < -0.39 is 5.97 Å². The molecule has 0 unspecified atom stereocenters. The largest absolute Gasteiger partial charge is 0.487 e. The summed E-state index contributed by atoms with van der Waals surface area (Å²) in [6.45, 7) is 5.41. The molecule has 0 aliphatic rings. The summed E-state index contributed by atoms with van der Waals surface area (Å²) in [7, 11) is 0. The van der Waals surface area contributed by atoms with E-state index in [4.69, 9.17) is 73.0 Å². The van der Waals surface area contributed by atoms with Gasteiger partial charge in [0.1, 0.15) is 0 Å². The molecular formula is C23H20Cl5O4Y2-. The molecule has 0 spiro atoms. The maximum atomic E-state index is 10.3. The van der Waals surface area contributed by atoms with Gasteiger partial charge in [-0.25, -0.2) is 0 Å². The van der Waals surface area contributed by atoms with E-state index in [1.54, 1.807) is 30.3 Å². The maximum absolute atomic E-state index is 10.3. The van der Waals surface area contributed by atoms with Crippen LogP contribution in [-0.4, -0.2) is 22.7 Å². The summed E-state index contributed by atoms with van der Waals surface area (Å²) in [5, 5.41) is 18.4. The molecule has 0 amide bonds. The number of carboxylic acid groups (broad SMARTS) is 2. The Morgan fingerprint density at radius 2 is 1.29 bits per heavy atom. The van der Waals surface area contributed by atoms with Crippen LogP contribution in [0.4, 0.5) is 0 Å². The third kappa shape index (κ3) is 16.8. The van der Waals surface area contributed by atoms with Crippen molar-refractivity contribution in [2.24, 2.45) is 0 Å². The minimum atomic E-state index is -0.903. The maximum Gasteiger partial charge on any atom is 0.290 e. The SMILES string of the molecule is Cc1c(Cl)cc(Cl)cc1Cl.Cc1c[c-]cc(C(=O)O)c1.Cc1ccc(Cl)c(Cl)c1.O=CO.[Y].[Y]. The first-order valence-corrected chi connectivity index (χ1v) is 10.6. The number of hydrogen-bond donors (Lipinski definition) is 2. The first-order valence-electron chi connectivity index (χ1n) is 8.74. The van der Waals surface area contributed by atoms with Crippen LogP contribution in [0.25, 0.3) is 0 Å². The molecule has 0 aliphatic heterocycles. The van der Waals surface area contributed by atoms with Crippen molar-refractivity contribution in [1.82, 2.24) is 0 Å². The van der Waals surface area contributed by atoms with Gasteiger partial charge in [-0.1, -0.05) is 76.6 Å². The summed E-state index contributed by atoms with van der Waals surface area (Å²) in [5.41, 5.74) is 3.21. The van der Waals surface area contributed by atoms with Crippen LogP contribution < -0.4 is 0 Å². The monoisotopic (exact) mass is 713 g/mol. The molecule has 34 heavy (non-hydrogen) atoms. The van der Waals surface area contributed by atoms with E-state index in [9.17, 15) is 4.79 Å². The van der Waals surface area contributed by atoms with E-state index in [1.807, 2.05) is 32.9 Å². The van der Waals surface area contributed by atoms with Gasteiger partial charge in [0.2, 0.25) is 0 Å². The average molecular weight is 715 g/mol. The number of rotatable bonds is 1. The molecular weight excluding hydrogens is 695 g/mol. The van der Waals surface area contributed by atoms with Crippen LogP contribution >= 0.6 is 58.0 Å². The Morgan fingerprint density at radius 1 is 0.794 bits per heavy atom. The molecule has 3 aromatic carbocycles. The molecule has 3 aromatic rings. The van der Waals surface area contributed by atoms with Gasteiger partial charge in [0.05, 0.1) is 10.0 Å². The first kappa shape index (κ1) is 38.8. The Morgan fingerprint density at radius 3 is 1.65 bits per heavy atom. The third-order valence-corrected chi connectivity index (χ3v) is 5.24. The first-order chi connectivity index (χ1) is 14.9. The van der Waals surface area contributed by atoms with Crippen LogP contribution in [0.15, 0.2) is 48.5 Å². The molecule has 0 fully saturated rings. The van der Waals surface area contributed by atoms with E-state index in [-0.39, 0.29) is 71.9 Å². The summed E-state index contributed by atoms with van der Waals surface area (Å²) >= 11 is 28.5. The molecule has 3 rings (SSSR count). The van der Waals surface area contributed by atoms with Crippen LogP contribution in [-0.2, 0) is 70.2 Å². The van der Waals surface area contributed by atoms with Gasteiger partial charge in [0, 0.05) is 80.5 Å². The Labute approximate surface area is 275 Å². The molecule has 178 valence electrons. The topological polar surface area (TPSA) is 74.6 Å². The van der Waals surface area contributed by atoms with Gasteiger partial charge in [0.25, 0.3) is 12.4 Å². The van der Waals surface area contributed by atoms with E-state index in [2.05, 4.69) is 6.07 Å². The number of aromatic carboxylic acids is 1. The number of benzene rings is 3. The third-order valence-electron chi connectivity index (χ3n) is 3.50. The quantitative estimate of drug-likeness (QED) is 0.196. The van der Waals surface area contributed by atoms with Crippen LogP contribution in [0.3, 0.4) is 0 Å². The number of aryl methyl sites for hydroxylation is 2. The van der Waals surface area contributed by atoms with Crippen molar-refractivity contribution in [1.29, 1.82) is 0 Å². The van der Waals surface area contributed by atoms with Crippen LogP contribution in [0.1, 0.15) is 27.0 Å². The molecule has 2 N–H and O–H groups in total. The van der Waals surface area contributed by atoms with Gasteiger partial charge in [-0.15, -0.1) is 0 Å². The smallest absolute Gasteiger partial charge is 0.290 e. The Hall–Kier alpha value is 0.258. The molecule has 0 atom stereocenters. The van der Waals surface area contributed by atoms with Gasteiger partial charge >= 0.3 is 0 Å². The molecule has 4 nitrogen and oxygen atoms in total. The zero-order valence-electron chi connectivity index (χ0n) is 18.5. The van der Waals surface area contributed by atoms with Gasteiger partial charge in [-0.2, -0.15) is 29.8 Å². The van der Waals surface area contributed by atoms with Crippen molar-refractivity contribution in [2.45, 2.75) is 20.8 Å². The fourth-order valence-electron chi connectivity index (χ4n) is 1.93. The van der Waals surface area contributed by atoms with Gasteiger partial charge in [0.15, 0.2) is 0 Å². The van der Waals surface area contributed by atoms with E-state index in [0.717, 1.165) is 16.7 Å². The van der Waals surface area contributed by atoms with Crippen molar-refractivity contribution in [3.8, 4) is 0 Å². The molecule has 0 saturated heterocycles. The fraction of sp³-hybridized carbons (Fsp3) is 0.130. The predicted molar refractivity (Wildman–Crippen MR) is 133 cm³/mol. The minimum absolute atomic E-state index is 0. The predicted octanol–water partition coefficient (Wildman–Crippen LogP) is 8.45. The second kappa shape index (κ2) is 21.4. The Kier molecular flexibility index (Phi) is 24.4. The normalized spacial score (nSPS) is 8.59. The second-order valence-electron chi connectivity index (χ2n) is 6.12. The molecule has 0 aliphatic carbocycles. The standard InChI is InChI=1S/C8H7O2.C7H5Cl3.C7H6Cl2.CH2O2.2Y/c1-6-3-2-4-7(5-6)8(9)10;1-4-6(9)2-5(8)3-7(4)10;1-5-2-3-6(8)7(9)4-5;2-1-3;;/h3-5H,1H3,(H,9,10);2-3H,1H3;2-4H,1H3;1H,(H,2,3);;/q-1;;;;;. The van der Waals surface area contributed by atoms with Gasteiger partial charge in [-0.3, -0.25) is 9.59 Å². The zero-order valence-corrected chi connectivity index (χ0v) is 27.9. The zero-order chi connectivity index (χ0) is 24.8. The summed E-state index contributed by atoms with van der Waals surface area (Å²) in [5.74, 6) is -0.903. The van der Waals surface area contributed by atoms with E-state index in [0.29, 0.717) is 30.7 Å². The second-order valence-corrected chi connectivity index (χ2v) is 8.19. The van der Waals surface area contributed by atoms with Crippen molar-refractivity contribution >= 4 is 70.4 Å². The number of halogens is 5. The molecule has 0 saturated carbocycles. The number of hydrogen-bond acceptors (Lipinski definition) is 2.